The van der Waals surface area contributed by atoms with Gasteiger partial charge in [0.25, 0.3) is 0 Å². The van der Waals surface area contributed by atoms with Gasteiger partial charge in [-0.05, 0) is 55.3 Å². The van der Waals surface area contributed by atoms with Gasteiger partial charge >= 0.3 is 5.97 Å². The van der Waals surface area contributed by atoms with E-state index in [1.807, 2.05) is 32.0 Å². The Morgan fingerprint density at radius 1 is 1.04 bits per heavy atom. The molecule has 2 rings (SSSR count). The smallest absolute Gasteiger partial charge is 0.337 e. The van der Waals surface area contributed by atoms with E-state index in [4.69, 9.17) is 0 Å². The molecule has 0 spiro atoms. The average Bonchev–Trinajstić information content (AvgIpc) is 2.64. The first kappa shape index (κ1) is 20.2. The van der Waals surface area contributed by atoms with Crippen molar-refractivity contribution in [3.8, 4) is 0 Å². The predicted octanol–water partition coefficient (Wildman–Crippen LogP) is 3.47. The topological polar surface area (TPSA) is 75.7 Å². The number of rotatable bonds is 6. The van der Waals surface area contributed by atoms with Crippen LogP contribution in [0.3, 0.4) is 0 Å². The Kier molecular flexibility index (Phi) is 6.71. The van der Waals surface area contributed by atoms with Gasteiger partial charge in [0.15, 0.2) is 0 Å². The number of carbonyl (C=O) groups is 3. The zero-order valence-corrected chi connectivity index (χ0v) is 16.0. The Morgan fingerprint density at radius 2 is 1.70 bits per heavy atom. The molecular formula is C21H24N2O4. The lowest BCUT2D eigenvalue weighted by Gasteiger charge is -2.23. The highest BCUT2D eigenvalue weighted by molar-refractivity contribution is 5.96. The van der Waals surface area contributed by atoms with Gasteiger partial charge in [0.05, 0.1) is 12.7 Å². The summed E-state index contributed by atoms with van der Waals surface area (Å²) in [5.41, 5.74) is 3.84. The molecule has 0 aliphatic carbocycles. The van der Waals surface area contributed by atoms with E-state index in [-0.39, 0.29) is 24.8 Å². The summed E-state index contributed by atoms with van der Waals surface area (Å²) in [6.45, 7) is 5.68. The van der Waals surface area contributed by atoms with Crippen molar-refractivity contribution in [1.29, 1.82) is 0 Å². The summed E-state index contributed by atoms with van der Waals surface area (Å²) in [5.74, 6) is -0.755. The van der Waals surface area contributed by atoms with Gasteiger partial charge in [0, 0.05) is 31.3 Å². The monoisotopic (exact) mass is 368 g/mol. The molecule has 0 atom stereocenters. The number of hydrogen-bond donors (Lipinski definition) is 1. The van der Waals surface area contributed by atoms with Gasteiger partial charge in [0.1, 0.15) is 0 Å². The van der Waals surface area contributed by atoms with E-state index in [1.54, 1.807) is 29.2 Å². The predicted molar refractivity (Wildman–Crippen MR) is 105 cm³/mol. The van der Waals surface area contributed by atoms with Crippen molar-refractivity contribution in [3.05, 3.63) is 59.2 Å². The zero-order chi connectivity index (χ0) is 20.0. The molecule has 0 unspecified atom stereocenters. The van der Waals surface area contributed by atoms with Crippen LogP contribution in [0.2, 0.25) is 0 Å². The lowest BCUT2D eigenvalue weighted by atomic mass is 10.1. The number of nitrogens with one attached hydrogen (secondary N) is 1. The lowest BCUT2D eigenvalue weighted by molar-refractivity contribution is -0.117. The summed E-state index contributed by atoms with van der Waals surface area (Å²) >= 11 is 0. The normalized spacial score (nSPS) is 10.2. The number of aryl methyl sites for hydroxylation is 2. The fourth-order valence-electron chi connectivity index (χ4n) is 2.70. The molecule has 142 valence electrons. The van der Waals surface area contributed by atoms with Crippen LogP contribution in [0, 0.1) is 13.8 Å². The van der Waals surface area contributed by atoms with E-state index in [9.17, 15) is 14.4 Å². The van der Waals surface area contributed by atoms with Crippen molar-refractivity contribution in [2.45, 2.75) is 27.2 Å². The maximum atomic E-state index is 12.3. The maximum absolute atomic E-state index is 12.3. The molecule has 6 heteroatoms. The van der Waals surface area contributed by atoms with E-state index in [1.165, 1.54) is 14.0 Å². The van der Waals surface area contributed by atoms with Gasteiger partial charge in [-0.1, -0.05) is 12.1 Å². The number of nitrogens with zero attached hydrogens (tertiary/aromatic N) is 1. The first-order chi connectivity index (χ1) is 12.8. The standard InChI is InChI=1S/C21H24N2O4/c1-14-5-6-15(2)19(13-14)23(16(3)24)12-11-20(25)22-18-9-7-17(8-10-18)21(26)27-4/h5-10,13H,11-12H2,1-4H3,(H,22,25). The molecule has 2 amide bonds. The zero-order valence-electron chi connectivity index (χ0n) is 16.0. The molecule has 0 fully saturated rings. The molecule has 0 aliphatic rings. The largest absolute Gasteiger partial charge is 0.465 e. The molecule has 1 N–H and O–H groups in total. The number of anilines is 2. The number of methoxy groups -OCH3 is 1. The van der Waals surface area contributed by atoms with E-state index >= 15 is 0 Å². The number of hydrogen-bond acceptors (Lipinski definition) is 4. The SMILES string of the molecule is COC(=O)c1ccc(NC(=O)CCN(C(C)=O)c2cc(C)ccc2C)cc1. The Morgan fingerprint density at radius 3 is 2.30 bits per heavy atom. The van der Waals surface area contributed by atoms with Gasteiger partial charge < -0.3 is 15.0 Å². The van der Waals surface area contributed by atoms with Crippen LogP contribution in [0.5, 0.6) is 0 Å². The summed E-state index contributed by atoms with van der Waals surface area (Å²) in [6, 6.07) is 12.3. The van der Waals surface area contributed by atoms with E-state index in [0.717, 1.165) is 16.8 Å². The number of ether oxygens (including phenoxy) is 1. The number of esters is 1. The number of amides is 2. The van der Waals surface area contributed by atoms with Crippen LogP contribution in [0.15, 0.2) is 42.5 Å². The van der Waals surface area contributed by atoms with Gasteiger partial charge in [0.2, 0.25) is 11.8 Å². The molecule has 0 saturated carbocycles. The van der Waals surface area contributed by atoms with E-state index in [2.05, 4.69) is 10.1 Å². The van der Waals surface area contributed by atoms with Crippen molar-refractivity contribution < 1.29 is 19.1 Å². The molecule has 0 bridgehead atoms. The van der Waals surface area contributed by atoms with Crippen LogP contribution in [0.4, 0.5) is 11.4 Å². The minimum atomic E-state index is -0.432. The maximum Gasteiger partial charge on any atom is 0.337 e. The summed E-state index contributed by atoms with van der Waals surface area (Å²) < 4.78 is 4.64. The second-order valence-corrected chi connectivity index (χ2v) is 6.33. The quantitative estimate of drug-likeness (QED) is 0.792. The second kappa shape index (κ2) is 8.98. The first-order valence-corrected chi connectivity index (χ1v) is 8.65. The summed E-state index contributed by atoms with van der Waals surface area (Å²) in [5, 5.41) is 2.77. The van der Waals surface area contributed by atoms with Crippen molar-refractivity contribution >= 4 is 29.2 Å². The van der Waals surface area contributed by atoms with Crippen molar-refractivity contribution in [3.63, 3.8) is 0 Å². The third-order valence-corrected chi connectivity index (χ3v) is 4.19. The van der Waals surface area contributed by atoms with E-state index in [0.29, 0.717) is 11.3 Å². The van der Waals surface area contributed by atoms with Crippen LogP contribution >= 0.6 is 0 Å². The van der Waals surface area contributed by atoms with Gasteiger partial charge in [-0.2, -0.15) is 0 Å². The fraction of sp³-hybridized carbons (Fsp3) is 0.286. The van der Waals surface area contributed by atoms with E-state index < -0.39 is 5.97 Å². The van der Waals surface area contributed by atoms with Crippen molar-refractivity contribution in [1.82, 2.24) is 0 Å². The Balaban J connectivity index is 2.01. The molecule has 2 aromatic carbocycles. The van der Waals surface area contributed by atoms with Crippen LogP contribution in [-0.4, -0.2) is 31.4 Å². The molecule has 0 heterocycles. The lowest BCUT2D eigenvalue weighted by Crippen LogP contribution is -2.32. The van der Waals surface area contributed by atoms with Crippen molar-refractivity contribution in [2.75, 3.05) is 23.9 Å². The molecule has 2 aromatic rings. The summed E-state index contributed by atoms with van der Waals surface area (Å²) in [4.78, 5) is 37.4. The van der Waals surface area contributed by atoms with Gasteiger partial charge in [-0.15, -0.1) is 0 Å². The minimum Gasteiger partial charge on any atom is -0.465 e. The average molecular weight is 368 g/mol. The number of carbonyl (C=O) groups excluding carboxylic acids is 3. The molecule has 0 aromatic heterocycles. The molecule has 27 heavy (non-hydrogen) atoms. The molecule has 0 aliphatic heterocycles. The highest BCUT2D eigenvalue weighted by Crippen LogP contribution is 2.22. The minimum absolute atomic E-state index is 0.112. The first-order valence-electron chi connectivity index (χ1n) is 8.65. The fourth-order valence-corrected chi connectivity index (χ4v) is 2.70. The highest BCUT2D eigenvalue weighted by atomic mass is 16.5. The highest BCUT2D eigenvalue weighted by Gasteiger charge is 2.16. The Labute approximate surface area is 159 Å². The summed E-state index contributed by atoms with van der Waals surface area (Å²) in [7, 11) is 1.31. The molecule has 0 radical (unpaired) electrons. The number of benzene rings is 2. The third-order valence-electron chi connectivity index (χ3n) is 4.19. The molecule has 6 nitrogen and oxygen atoms in total. The third kappa shape index (κ3) is 5.41. The van der Waals surface area contributed by atoms with Crippen LogP contribution < -0.4 is 10.2 Å². The Hall–Kier alpha value is -3.15. The molecular weight excluding hydrogens is 344 g/mol. The van der Waals surface area contributed by atoms with Crippen LogP contribution in [0.25, 0.3) is 0 Å². The van der Waals surface area contributed by atoms with Crippen molar-refractivity contribution in [2.24, 2.45) is 0 Å². The summed E-state index contributed by atoms with van der Waals surface area (Å²) in [6.07, 6.45) is 0.158. The second-order valence-electron chi connectivity index (χ2n) is 6.33. The Bertz CT molecular complexity index is 844. The van der Waals surface area contributed by atoms with Gasteiger partial charge in [-0.25, -0.2) is 4.79 Å². The van der Waals surface area contributed by atoms with Crippen LogP contribution in [-0.2, 0) is 14.3 Å². The van der Waals surface area contributed by atoms with Gasteiger partial charge in [-0.3, -0.25) is 9.59 Å². The van der Waals surface area contributed by atoms with Crippen LogP contribution in [0.1, 0.15) is 34.8 Å². The molecule has 0 saturated heterocycles.